The summed E-state index contributed by atoms with van der Waals surface area (Å²) in [6.45, 7) is 1.75. The third-order valence-electron chi connectivity index (χ3n) is 3.79. The first-order valence-electron chi connectivity index (χ1n) is 7.88. The number of nitrogens with zero attached hydrogens (tertiary/aromatic N) is 1. The van der Waals surface area contributed by atoms with Crippen LogP contribution in [-0.2, 0) is 9.53 Å². The van der Waals surface area contributed by atoms with E-state index in [1.165, 1.54) is 4.90 Å². The molecule has 0 radical (unpaired) electrons. The summed E-state index contributed by atoms with van der Waals surface area (Å²) in [5.74, 6) is -0.259. The number of carbonyl (C=O) groups excluding carboxylic acids is 1. The Morgan fingerprint density at radius 1 is 1.35 bits per heavy atom. The Balaban J connectivity index is 1.80. The van der Waals surface area contributed by atoms with E-state index in [2.05, 4.69) is 0 Å². The van der Waals surface area contributed by atoms with Crippen molar-refractivity contribution in [3.8, 4) is 5.75 Å². The van der Waals surface area contributed by atoms with Crippen LogP contribution in [0.25, 0.3) is 0 Å². The van der Waals surface area contributed by atoms with Crippen LogP contribution < -0.4 is 4.74 Å². The Kier molecular flexibility index (Phi) is 6.40. The second-order valence-corrected chi connectivity index (χ2v) is 5.69. The molecule has 2 rings (SSSR count). The van der Waals surface area contributed by atoms with Gasteiger partial charge >= 0.3 is 5.97 Å². The molecule has 1 aromatic carbocycles. The lowest BCUT2D eigenvalue weighted by Gasteiger charge is -2.17. The number of amides is 1. The van der Waals surface area contributed by atoms with E-state index in [0.717, 1.165) is 19.4 Å². The fraction of sp³-hybridized carbons (Fsp3) is 0.529. The first-order chi connectivity index (χ1) is 11.1. The molecule has 1 fully saturated rings. The predicted molar refractivity (Wildman–Crippen MR) is 84.7 cm³/mol. The van der Waals surface area contributed by atoms with Crippen molar-refractivity contribution in [2.75, 3.05) is 26.8 Å². The van der Waals surface area contributed by atoms with E-state index in [4.69, 9.17) is 14.6 Å². The molecule has 23 heavy (non-hydrogen) atoms. The van der Waals surface area contributed by atoms with Gasteiger partial charge in [0.05, 0.1) is 6.10 Å². The van der Waals surface area contributed by atoms with Crippen LogP contribution in [0.1, 0.15) is 36.0 Å². The summed E-state index contributed by atoms with van der Waals surface area (Å²) in [4.78, 5) is 24.2. The van der Waals surface area contributed by atoms with Crippen molar-refractivity contribution in [2.45, 2.75) is 31.8 Å². The smallest absolute Gasteiger partial charge is 0.303 e. The zero-order chi connectivity index (χ0) is 16.7. The number of benzene rings is 1. The first-order valence-corrected chi connectivity index (χ1v) is 7.88. The molecule has 0 bridgehead atoms. The summed E-state index contributed by atoms with van der Waals surface area (Å²) >= 11 is 0. The molecule has 0 aromatic heterocycles. The third kappa shape index (κ3) is 5.56. The number of carboxylic acids is 1. The minimum atomic E-state index is -0.849. The second-order valence-electron chi connectivity index (χ2n) is 5.69. The Morgan fingerprint density at radius 2 is 2.09 bits per heavy atom. The minimum absolute atomic E-state index is 0.0631. The molecule has 6 nitrogen and oxygen atoms in total. The maximum atomic E-state index is 12.2. The van der Waals surface area contributed by atoms with Crippen LogP contribution in [0.5, 0.6) is 5.75 Å². The van der Waals surface area contributed by atoms with Gasteiger partial charge in [0, 0.05) is 32.2 Å². The third-order valence-corrected chi connectivity index (χ3v) is 3.79. The topological polar surface area (TPSA) is 76.1 Å². The van der Waals surface area contributed by atoms with Crippen molar-refractivity contribution in [3.05, 3.63) is 29.8 Å². The van der Waals surface area contributed by atoms with Gasteiger partial charge in [0.1, 0.15) is 12.4 Å². The second kappa shape index (κ2) is 8.53. The van der Waals surface area contributed by atoms with Crippen LogP contribution >= 0.6 is 0 Å². The number of carboxylic acid groups (broad SMARTS) is 1. The molecule has 0 unspecified atom stereocenters. The van der Waals surface area contributed by atoms with E-state index in [1.54, 1.807) is 31.3 Å². The Bertz CT molecular complexity index is 522. The standard InChI is InChI=1S/C17H23NO5/c1-18(10-2-5-16(19)20)17(21)13-6-8-14(9-7-13)23-12-15-4-3-11-22-15/h6-9,15H,2-5,10-12H2,1H3,(H,19,20)/t15-/m1/s1. The summed E-state index contributed by atoms with van der Waals surface area (Å²) in [7, 11) is 1.67. The van der Waals surface area contributed by atoms with Gasteiger partial charge in [-0.1, -0.05) is 0 Å². The Labute approximate surface area is 136 Å². The van der Waals surface area contributed by atoms with E-state index in [0.29, 0.717) is 30.9 Å². The zero-order valence-corrected chi connectivity index (χ0v) is 13.4. The van der Waals surface area contributed by atoms with Crippen LogP contribution in [0.15, 0.2) is 24.3 Å². The highest BCUT2D eigenvalue weighted by molar-refractivity contribution is 5.94. The van der Waals surface area contributed by atoms with E-state index >= 15 is 0 Å². The molecule has 1 atom stereocenters. The van der Waals surface area contributed by atoms with Gasteiger partial charge in [0.25, 0.3) is 5.91 Å². The van der Waals surface area contributed by atoms with Crippen molar-refractivity contribution < 1.29 is 24.2 Å². The summed E-state index contributed by atoms with van der Waals surface area (Å²) in [6, 6.07) is 6.99. The molecule has 0 saturated carbocycles. The van der Waals surface area contributed by atoms with E-state index in [-0.39, 0.29) is 18.4 Å². The molecule has 1 N–H and O–H groups in total. The normalized spacial score (nSPS) is 17.0. The summed E-state index contributed by atoms with van der Waals surface area (Å²) in [5.41, 5.74) is 0.562. The zero-order valence-electron chi connectivity index (χ0n) is 13.4. The van der Waals surface area contributed by atoms with Crippen molar-refractivity contribution in [2.24, 2.45) is 0 Å². The molecule has 1 aromatic rings. The first kappa shape index (κ1) is 17.3. The molecule has 126 valence electrons. The number of ether oxygens (including phenoxy) is 2. The SMILES string of the molecule is CN(CCCC(=O)O)C(=O)c1ccc(OC[C@H]2CCCO2)cc1. The van der Waals surface area contributed by atoms with Crippen molar-refractivity contribution >= 4 is 11.9 Å². The molecule has 6 heteroatoms. The molecule has 0 aliphatic carbocycles. The summed E-state index contributed by atoms with van der Waals surface area (Å²) < 4.78 is 11.2. The van der Waals surface area contributed by atoms with Crippen molar-refractivity contribution in [1.29, 1.82) is 0 Å². The Morgan fingerprint density at radius 3 is 2.70 bits per heavy atom. The van der Waals surface area contributed by atoms with Crippen LogP contribution in [0.2, 0.25) is 0 Å². The fourth-order valence-electron chi connectivity index (χ4n) is 2.45. The van der Waals surface area contributed by atoms with Crippen LogP contribution in [-0.4, -0.2) is 54.8 Å². The number of hydrogen-bond donors (Lipinski definition) is 1. The van der Waals surface area contributed by atoms with Crippen molar-refractivity contribution in [3.63, 3.8) is 0 Å². The fourth-order valence-corrected chi connectivity index (χ4v) is 2.45. The van der Waals surface area contributed by atoms with Crippen LogP contribution in [0.4, 0.5) is 0 Å². The molecular formula is C17H23NO5. The lowest BCUT2D eigenvalue weighted by atomic mass is 10.2. The highest BCUT2D eigenvalue weighted by Gasteiger charge is 2.16. The van der Waals surface area contributed by atoms with Gasteiger partial charge < -0.3 is 19.5 Å². The van der Waals surface area contributed by atoms with Crippen LogP contribution in [0, 0.1) is 0 Å². The predicted octanol–water partition coefficient (Wildman–Crippen LogP) is 2.18. The molecule has 1 amide bonds. The molecular weight excluding hydrogens is 298 g/mol. The van der Waals surface area contributed by atoms with Gasteiger partial charge in [-0.2, -0.15) is 0 Å². The van der Waals surface area contributed by atoms with Gasteiger partial charge in [-0.15, -0.1) is 0 Å². The number of hydrogen-bond acceptors (Lipinski definition) is 4. The van der Waals surface area contributed by atoms with Crippen LogP contribution in [0.3, 0.4) is 0 Å². The summed E-state index contributed by atoms with van der Waals surface area (Å²) in [6.07, 6.45) is 2.78. The molecule has 0 spiro atoms. The largest absolute Gasteiger partial charge is 0.491 e. The van der Waals surface area contributed by atoms with Gasteiger partial charge in [0.2, 0.25) is 0 Å². The number of aliphatic carboxylic acids is 1. The van der Waals surface area contributed by atoms with E-state index < -0.39 is 5.97 Å². The van der Waals surface area contributed by atoms with E-state index in [1.807, 2.05) is 0 Å². The highest BCUT2D eigenvalue weighted by atomic mass is 16.5. The quantitative estimate of drug-likeness (QED) is 0.794. The molecule has 1 aliphatic rings. The summed E-state index contributed by atoms with van der Waals surface area (Å²) in [5, 5.41) is 8.62. The van der Waals surface area contributed by atoms with Gasteiger partial charge in [-0.25, -0.2) is 0 Å². The number of rotatable bonds is 8. The van der Waals surface area contributed by atoms with E-state index in [9.17, 15) is 9.59 Å². The van der Waals surface area contributed by atoms with Gasteiger partial charge in [-0.05, 0) is 43.5 Å². The number of carbonyl (C=O) groups is 2. The molecule has 1 aliphatic heterocycles. The van der Waals surface area contributed by atoms with Gasteiger partial charge in [-0.3, -0.25) is 9.59 Å². The average Bonchev–Trinajstić information content (AvgIpc) is 3.05. The lowest BCUT2D eigenvalue weighted by Crippen LogP contribution is -2.28. The lowest BCUT2D eigenvalue weighted by molar-refractivity contribution is -0.137. The van der Waals surface area contributed by atoms with Gasteiger partial charge in [0.15, 0.2) is 0 Å². The Hall–Kier alpha value is -2.08. The maximum absolute atomic E-state index is 12.2. The maximum Gasteiger partial charge on any atom is 0.303 e. The molecule has 1 heterocycles. The minimum Gasteiger partial charge on any atom is -0.491 e. The van der Waals surface area contributed by atoms with Crippen molar-refractivity contribution in [1.82, 2.24) is 4.90 Å². The molecule has 1 saturated heterocycles. The average molecular weight is 321 g/mol. The highest BCUT2D eigenvalue weighted by Crippen LogP contribution is 2.17. The monoisotopic (exact) mass is 321 g/mol.